The minimum atomic E-state index is -4.05. The van der Waals surface area contributed by atoms with Crippen molar-refractivity contribution < 1.29 is 47.3 Å². The average molecular weight is 218 g/mol. The first-order chi connectivity index (χ1) is 5.56. The summed E-state index contributed by atoms with van der Waals surface area (Å²) in [6, 6.07) is 0. The number of hydrogen-bond donors (Lipinski definition) is 0. The second-order valence-corrected chi connectivity index (χ2v) is 4.10. The van der Waals surface area contributed by atoms with Crippen molar-refractivity contribution in [3.63, 3.8) is 0 Å². The van der Waals surface area contributed by atoms with E-state index in [1.165, 1.54) is 0 Å². The molecule has 0 aliphatic rings. The van der Waals surface area contributed by atoms with Crippen molar-refractivity contribution in [3.8, 4) is 0 Å². The maximum Gasteiger partial charge on any atom is 1.00 e. The fourth-order valence-corrected chi connectivity index (χ4v) is 1.16. The van der Waals surface area contributed by atoms with E-state index < -0.39 is 10.1 Å². The van der Waals surface area contributed by atoms with Crippen molar-refractivity contribution in [2.24, 2.45) is 0 Å². The maximum atomic E-state index is 10.1. The molecule has 0 atom stereocenters. The molecule has 0 fully saturated rings. The Kier molecular flexibility index (Phi) is 11.8. The summed E-state index contributed by atoms with van der Waals surface area (Å²) in [7, 11) is -4.05. The van der Waals surface area contributed by atoms with Gasteiger partial charge in [-0.3, -0.25) is 0 Å². The molecule has 0 aromatic carbocycles. The molecular weight excluding hydrogens is 203 g/mol. The van der Waals surface area contributed by atoms with Crippen LogP contribution in [0, 0.1) is 0 Å². The van der Waals surface area contributed by atoms with Crippen LogP contribution in [-0.4, -0.2) is 31.9 Å². The van der Waals surface area contributed by atoms with Crippen molar-refractivity contribution in [1.82, 2.24) is 0 Å². The smallest absolute Gasteiger partial charge is 0.748 e. The molecule has 0 unspecified atom stereocenters. The molecule has 4 nitrogen and oxygen atoms in total. The van der Waals surface area contributed by atoms with Gasteiger partial charge >= 0.3 is 29.6 Å². The van der Waals surface area contributed by atoms with Crippen LogP contribution in [0.4, 0.5) is 0 Å². The summed E-state index contributed by atoms with van der Waals surface area (Å²) < 4.78 is 35.4. The van der Waals surface area contributed by atoms with Gasteiger partial charge in [0.2, 0.25) is 0 Å². The van der Waals surface area contributed by atoms with E-state index in [9.17, 15) is 13.0 Å². The van der Waals surface area contributed by atoms with Crippen LogP contribution in [0.15, 0.2) is 0 Å². The molecule has 0 saturated heterocycles. The second kappa shape index (κ2) is 9.43. The topological polar surface area (TPSA) is 66.4 Å². The van der Waals surface area contributed by atoms with E-state index in [-0.39, 0.29) is 35.3 Å². The Balaban J connectivity index is 0. The Hall–Kier alpha value is 0.870. The molecule has 0 aliphatic carbocycles. The molecule has 0 bridgehead atoms. The van der Waals surface area contributed by atoms with Crippen LogP contribution in [0.5, 0.6) is 0 Å². The van der Waals surface area contributed by atoms with Gasteiger partial charge in [-0.2, -0.15) is 0 Å². The van der Waals surface area contributed by atoms with Crippen molar-refractivity contribution >= 4 is 10.1 Å². The Labute approximate surface area is 102 Å². The van der Waals surface area contributed by atoms with Gasteiger partial charge in [0.1, 0.15) is 0 Å². The fraction of sp³-hybridized carbons (Fsp3) is 1.00. The molecule has 0 aliphatic heterocycles. The molecule has 0 spiro atoms. The zero-order valence-electron chi connectivity index (χ0n) is 8.28. The summed E-state index contributed by atoms with van der Waals surface area (Å²) in [5.74, 6) is -0.320. The molecule has 0 aromatic heterocycles. The molecule has 74 valence electrons. The Morgan fingerprint density at radius 1 is 1.23 bits per heavy atom. The summed E-state index contributed by atoms with van der Waals surface area (Å²) in [4.78, 5) is 0. The van der Waals surface area contributed by atoms with Crippen molar-refractivity contribution in [2.75, 3.05) is 19.0 Å². The first-order valence-corrected chi connectivity index (χ1v) is 5.65. The molecule has 0 amide bonds. The summed E-state index contributed by atoms with van der Waals surface area (Å²) in [5.41, 5.74) is 0. The minimum Gasteiger partial charge on any atom is -0.748 e. The van der Waals surface area contributed by atoms with Crippen LogP contribution < -0.4 is 29.6 Å². The maximum absolute atomic E-state index is 10.1. The van der Waals surface area contributed by atoms with Gasteiger partial charge in [-0.15, -0.1) is 0 Å². The normalized spacial score (nSPS) is 10.9. The van der Waals surface area contributed by atoms with Gasteiger partial charge in [-0.05, 0) is 12.8 Å². The standard InChI is InChI=1S/C7H16O4S.Na/c1-2-3-5-11-6-4-7-12(8,9)10;/h2-7H2,1H3,(H,8,9,10);/q;+1/p-1. The minimum absolute atomic E-state index is 0. The van der Waals surface area contributed by atoms with E-state index in [0.717, 1.165) is 12.8 Å². The van der Waals surface area contributed by atoms with Gasteiger partial charge in [-0.1, -0.05) is 13.3 Å². The van der Waals surface area contributed by atoms with Crippen molar-refractivity contribution in [3.05, 3.63) is 0 Å². The van der Waals surface area contributed by atoms with E-state index in [4.69, 9.17) is 4.74 Å². The number of hydrogen-bond acceptors (Lipinski definition) is 4. The molecular formula is C7H15NaO4S. The molecule has 0 heterocycles. The Bertz CT molecular complexity index is 191. The Morgan fingerprint density at radius 3 is 2.23 bits per heavy atom. The van der Waals surface area contributed by atoms with Crippen LogP contribution in [0.1, 0.15) is 26.2 Å². The predicted octanol–water partition coefficient (Wildman–Crippen LogP) is -2.26. The third kappa shape index (κ3) is 15.6. The molecule has 13 heavy (non-hydrogen) atoms. The van der Waals surface area contributed by atoms with Crippen molar-refractivity contribution in [2.45, 2.75) is 26.2 Å². The molecule has 6 heteroatoms. The van der Waals surface area contributed by atoms with Gasteiger partial charge in [0, 0.05) is 19.0 Å². The molecule has 0 saturated carbocycles. The molecule has 0 N–H and O–H groups in total. The third-order valence-corrected chi connectivity index (χ3v) is 2.11. The summed E-state index contributed by atoms with van der Waals surface area (Å²) in [6.07, 6.45) is 2.33. The zero-order chi connectivity index (χ0) is 9.45. The van der Waals surface area contributed by atoms with Crippen LogP contribution in [0.2, 0.25) is 0 Å². The van der Waals surface area contributed by atoms with Gasteiger partial charge < -0.3 is 9.29 Å². The molecule has 0 radical (unpaired) electrons. The SMILES string of the molecule is CCCCOCCCS(=O)(=O)[O-].[Na+]. The van der Waals surface area contributed by atoms with Crippen LogP contribution in [-0.2, 0) is 14.9 Å². The van der Waals surface area contributed by atoms with E-state index in [1.807, 2.05) is 6.92 Å². The van der Waals surface area contributed by atoms with Crippen LogP contribution >= 0.6 is 0 Å². The number of ether oxygens (including phenoxy) is 1. The van der Waals surface area contributed by atoms with Crippen molar-refractivity contribution in [1.29, 1.82) is 0 Å². The van der Waals surface area contributed by atoms with E-state index in [2.05, 4.69) is 0 Å². The third-order valence-electron chi connectivity index (χ3n) is 1.33. The monoisotopic (exact) mass is 218 g/mol. The first kappa shape index (κ1) is 16.3. The average Bonchev–Trinajstić information content (AvgIpc) is 1.94. The van der Waals surface area contributed by atoms with Gasteiger partial charge in [0.25, 0.3) is 0 Å². The van der Waals surface area contributed by atoms with E-state index in [0.29, 0.717) is 19.6 Å². The zero-order valence-corrected chi connectivity index (χ0v) is 11.1. The summed E-state index contributed by atoms with van der Waals surface area (Å²) >= 11 is 0. The quantitative estimate of drug-likeness (QED) is 0.275. The van der Waals surface area contributed by atoms with Crippen LogP contribution in [0.3, 0.4) is 0 Å². The largest absolute Gasteiger partial charge is 1.00 e. The summed E-state index contributed by atoms with van der Waals surface area (Å²) in [5, 5.41) is 0. The predicted molar refractivity (Wildman–Crippen MR) is 44.9 cm³/mol. The van der Waals surface area contributed by atoms with E-state index in [1.54, 1.807) is 0 Å². The number of rotatable bonds is 7. The number of unbranched alkanes of at least 4 members (excludes halogenated alkanes) is 1. The van der Waals surface area contributed by atoms with Crippen LogP contribution in [0.25, 0.3) is 0 Å². The van der Waals surface area contributed by atoms with Gasteiger partial charge in [0.05, 0.1) is 10.1 Å². The molecule has 0 rings (SSSR count). The molecule has 0 aromatic rings. The fourth-order valence-electron chi connectivity index (χ4n) is 0.686. The Morgan fingerprint density at radius 2 is 1.77 bits per heavy atom. The first-order valence-electron chi connectivity index (χ1n) is 4.07. The van der Waals surface area contributed by atoms with Gasteiger partial charge in [-0.25, -0.2) is 8.42 Å². The van der Waals surface area contributed by atoms with E-state index >= 15 is 0 Å². The van der Waals surface area contributed by atoms with Gasteiger partial charge in [0.15, 0.2) is 0 Å². The summed E-state index contributed by atoms with van der Waals surface area (Å²) in [6.45, 7) is 3.06. The second-order valence-electron chi connectivity index (χ2n) is 2.58.